The third kappa shape index (κ3) is 2.21. The fourth-order valence-corrected chi connectivity index (χ4v) is 3.18. The van der Waals surface area contributed by atoms with Crippen LogP contribution in [0, 0.1) is 0 Å². The van der Waals surface area contributed by atoms with Gasteiger partial charge in [-0.15, -0.1) is 0 Å². The van der Waals surface area contributed by atoms with Crippen LogP contribution in [0.2, 0.25) is 0 Å². The van der Waals surface area contributed by atoms with Crippen LogP contribution < -0.4 is 10.1 Å². The first kappa shape index (κ1) is 12.8. The highest BCUT2D eigenvalue weighted by Gasteiger charge is 2.36. The smallest absolute Gasteiger partial charge is 0.234 e. The summed E-state index contributed by atoms with van der Waals surface area (Å²) in [6.45, 7) is 4.14. The molecule has 1 aromatic carbocycles. The van der Waals surface area contributed by atoms with Crippen LogP contribution in [0.1, 0.15) is 43.1 Å². The first-order valence-electron chi connectivity index (χ1n) is 7.54. The van der Waals surface area contributed by atoms with Crippen molar-refractivity contribution in [3.05, 3.63) is 41.5 Å². The number of fused-ring (bicyclic) bond motifs is 1. The number of aromatic nitrogens is 2. The third-order valence-electron chi connectivity index (χ3n) is 4.49. The lowest BCUT2D eigenvalue weighted by Crippen LogP contribution is -2.41. The summed E-state index contributed by atoms with van der Waals surface area (Å²) in [5.74, 6) is 2.32. The molecular weight excluding hydrogens is 266 g/mol. The molecule has 2 atom stereocenters. The number of hydrogen-bond donors (Lipinski definition) is 1. The maximum absolute atomic E-state index is 5.93. The summed E-state index contributed by atoms with van der Waals surface area (Å²) in [7, 11) is 0. The van der Waals surface area contributed by atoms with Gasteiger partial charge < -0.3 is 14.6 Å². The number of nitrogens with one attached hydrogen (secondary N) is 1. The Morgan fingerprint density at radius 3 is 3.05 bits per heavy atom. The standard InChI is InChI=1S/C16H19N3O2/c1-16(7-4-8-17-10-16)15-18-14(19-21-15)13-9-11-5-2-3-6-12(11)20-13/h2-3,5-6,13,17H,4,7-10H2,1H3. The van der Waals surface area contributed by atoms with E-state index in [0.29, 0.717) is 5.82 Å². The largest absolute Gasteiger partial charge is 0.482 e. The van der Waals surface area contributed by atoms with Crippen LogP contribution in [0.4, 0.5) is 0 Å². The number of rotatable bonds is 2. The Balaban J connectivity index is 1.56. The summed E-state index contributed by atoms with van der Waals surface area (Å²) < 4.78 is 11.5. The molecule has 0 aliphatic carbocycles. The predicted molar refractivity (Wildman–Crippen MR) is 77.3 cm³/mol. The minimum Gasteiger partial charge on any atom is -0.482 e. The molecule has 0 bridgehead atoms. The molecule has 2 aliphatic rings. The van der Waals surface area contributed by atoms with Gasteiger partial charge in [-0.05, 0) is 37.9 Å². The second kappa shape index (κ2) is 4.84. The SMILES string of the molecule is CC1(c2nc(C3Cc4ccccc4O3)no2)CCCNC1. The van der Waals surface area contributed by atoms with Crippen LogP contribution in [-0.2, 0) is 11.8 Å². The van der Waals surface area contributed by atoms with E-state index in [9.17, 15) is 0 Å². The molecule has 2 unspecified atom stereocenters. The maximum Gasteiger partial charge on any atom is 0.234 e. The van der Waals surface area contributed by atoms with Crippen LogP contribution in [0.5, 0.6) is 5.75 Å². The van der Waals surface area contributed by atoms with Crippen molar-refractivity contribution in [3.8, 4) is 5.75 Å². The highest BCUT2D eigenvalue weighted by Crippen LogP contribution is 2.36. The van der Waals surface area contributed by atoms with Gasteiger partial charge in [-0.1, -0.05) is 23.4 Å². The average Bonchev–Trinajstić information content (AvgIpc) is 3.15. The molecule has 110 valence electrons. The van der Waals surface area contributed by atoms with E-state index in [1.807, 2.05) is 18.2 Å². The van der Waals surface area contributed by atoms with Gasteiger partial charge in [0.05, 0.1) is 5.41 Å². The Morgan fingerprint density at radius 2 is 2.24 bits per heavy atom. The Hall–Kier alpha value is -1.88. The number of nitrogens with zero attached hydrogens (tertiary/aromatic N) is 2. The van der Waals surface area contributed by atoms with Crippen molar-refractivity contribution in [3.63, 3.8) is 0 Å². The van der Waals surface area contributed by atoms with Crippen molar-refractivity contribution < 1.29 is 9.26 Å². The first-order chi connectivity index (χ1) is 10.2. The summed E-state index contributed by atoms with van der Waals surface area (Å²) in [5, 5.41) is 7.57. The molecule has 2 aromatic rings. The van der Waals surface area contributed by atoms with E-state index in [2.05, 4.69) is 28.4 Å². The minimum atomic E-state index is -0.125. The minimum absolute atomic E-state index is 0.0606. The lowest BCUT2D eigenvalue weighted by atomic mass is 9.83. The molecule has 2 aliphatic heterocycles. The lowest BCUT2D eigenvalue weighted by Gasteiger charge is -2.30. The quantitative estimate of drug-likeness (QED) is 0.918. The Kier molecular flexibility index (Phi) is 2.96. The van der Waals surface area contributed by atoms with E-state index in [1.165, 1.54) is 5.56 Å². The van der Waals surface area contributed by atoms with Crippen LogP contribution in [-0.4, -0.2) is 23.2 Å². The zero-order valence-corrected chi connectivity index (χ0v) is 12.1. The van der Waals surface area contributed by atoms with Gasteiger partial charge in [-0.3, -0.25) is 0 Å². The highest BCUT2D eigenvalue weighted by molar-refractivity contribution is 5.38. The summed E-state index contributed by atoms with van der Waals surface area (Å²) in [6, 6.07) is 8.09. The molecule has 5 heteroatoms. The van der Waals surface area contributed by atoms with Crippen LogP contribution in [0.15, 0.2) is 28.8 Å². The molecule has 1 N–H and O–H groups in total. The Labute approximate surface area is 123 Å². The van der Waals surface area contributed by atoms with Crippen molar-refractivity contribution in [1.29, 1.82) is 0 Å². The molecule has 5 nitrogen and oxygen atoms in total. The van der Waals surface area contributed by atoms with Gasteiger partial charge in [0.1, 0.15) is 5.75 Å². The second-order valence-corrected chi connectivity index (χ2v) is 6.22. The Bertz CT molecular complexity index is 621. The summed E-state index contributed by atoms with van der Waals surface area (Å²) in [5.41, 5.74) is 1.15. The normalized spacial score (nSPS) is 28.1. The molecule has 0 saturated carbocycles. The molecule has 4 rings (SSSR count). The third-order valence-corrected chi connectivity index (χ3v) is 4.49. The highest BCUT2D eigenvalue weighted by atomic mass is 16.5. The average molecular weight is 285 g/mol. The molecule has 0 radical (unpaired) electrons. The molecule has 0 amide bonds. The van der Waals surface area contributed by atoms with Crippen LogP contribution in [0.25, 0.3) is 0 Å². The predicted octanol–water partition coefficient (Wildman–Crippen LogP) is 2.39. The van der Waals surface area contributed by atoms with E-state index in [-0.39, 0.29) is 11.5 Å². The van der Waals surface area contributed by atoms with Gasteiger partial charge in [0, 0.05) is 13.0 Å². The summed E-state index contributed by atoms with van der Waals surface area (Å²) in [4.78, 5) is 4.63. The zero-order valence-electron chi connectivity index (χ0n) is 12.1. The monoisotopic (exact) mass is 285 g/mol. The van der Waals surface area contributed by atoms with Crippen molar-refractivity contribution in [2.45, 2.75) is 37.7 Å². The number of hydrogen-bond acceptors (Lipinski definition) is 5. The van der Waals surface area contributed by atoms with Crippen molar-refractivity contribution in [1.82, 2.24) is 15.5 Å². The van der Waals surface area contributed by atoms with E-state index < -0.39 is 0 Å². The molecule has 1 saturated heterocycles. The van der Waals surface area contributed by atoms with Crippen LogP contribution in [0.3, 0.4) is 0 Å². The van der Waals surface area contributed by atoms with Gasteiger partial charge in [0.15, 0.2) is 6.10 Å². The lowest BCUT2D eigenvalue weighted by molar-refractivity contribution is 0.217. The molecule has 3 heterocycles. The fraction of sp³-hybridized carbons (Fsp3) is 0.500. The number of ether oxygens (including phenoxy) is 1. The topological polar surface area (TPSA) is 60.2 Å². The maximum atomic E-state index is 5.93. The van der Waals surface area contributed by atoms with Gasteiger partial charge in [0.2, 0.25) is 11.7 Å². The van der Waals surface area contributed by atoms with Gasteiger partial charge >= 0.3 is 0 Å². The van der Waals surface area contributed by atoms with E-state index in [0.717, 1.165) is 44.0 Å². The van der Waals surface area contributed by atoms with Gasteiger partial charge in [-0.25, -0.2) is 0 Å². The van der Waals surface area contributed by atoms with Crippen molar-refractivity contribution in [2.24, 2.45) is 0 Å². The number of benzene rings is 1. The number of para-hydroxylation sites is 1. The fourth-order valence-electron chi connectivity index (χ4n) is 3.18. The second-order valence-electron chi connectivity index (χ2n) is 6.22. The van der Waals surface area contributed by atoms with Gasteiger partial charge in [0.25, 0.3) is 0 Å². The molecule has 1 fully saturated rings. The van der Waals surface area contributed by atoms with Gasteiger partial charge in [-0.2, -0.15) is 4.98 Å². The molecule has 21 heavy (non-hydrogen) atoms. The van der Waals surface area contributed by atoms with E-state index in [4.69, 9.17) is 9.26 Å². The zero-order chi connectivity index (χ0) is 14.3. The van der Waals surface area contributed by atoms with Crippen LogP contribution >= 0.6 is 0 Å². The molecule has 0 spiro atoms. The summed E-state index contributed by atoms with van der Waals surface area (Å²) in [6.07, 6.45) is 2.90. The Morgan fingerprint density at radius 1 is 1.33 bits per heavy atom. The molecular formula is C16H19N3O2. The van der Waals surface area contributed by atoms with E-state index in [1.54, 1.807) is 0 Å². The van der Waals surface area contributed by atoms with E-state index >= 15 is 0 Å². The van der Waals surface area contributed by atoms with Crippen molar-refractivity contribution in [2.75, 3.05) is 13.1 Å². The molecule has 1 aromatic heterocycles. The van der Waals surface area contributed by atoms with Crippen molar-refractivity contribution >= 4 is 0 Å². The first-order valence-corrected chi connectivity index (χ1v) is 7.54. The summed E-state index contributed by atoms with van der Waals surface area (Å²) >= 11 is 0. The number of piperidine rings is 1.